The number of aryl methyl sites for hydroxylation is 1. The van der Waals surface area contributed by atoms with Gasteiger partial charge in [-0.05, 0) is 44.0 Å². The molecule has 1 aliphatic rings. The molecule has 4 rings (SSSR count). The van der Waals surface area contributed by atoms with Crippen molar-refractivity contribution in [2.75, 3.05) is 17.5 Å². The molecule has 1 atom stereocenters. The topological polar surface area (TPSA) is 111 Å². The van der Waals surface area contributed by atoms with Gasteiger partial charge in [-0.25, -0.2) is 17.2 Å². The fourth-order valence-corrected chi connectivity index (χ4v) is 6.26. The number of ether oxygens (including phenoxy) is 2. The largest absolute Gasteiger partial charge is 0.486 e. The van der Waals surface area contributed by atoms with Gasteiger partial charge in [0, 0.05) is 42.2 Å². The van der Waals surface area contributed by atoms with Crippen LogP contribution in [-0.4, -0.2) is 48.5 Å². The lowest BCUT2D eigenvalue weighted by molar-refractivity contribution is -0.137. The molecular weight excluding hydrogens is 580 g/mol. The molecule has 0 amide bonds. The monoisotopic (exact) mass is 609 g/mol. The Hall–Kier alpha value is -3.64. The predicted molar refractivity (Wildman–Crippen MR) is 151 cm³/mol. The summed E-state index contributed by atoms with van der Waals surface area (Å²) in [6.45, 7) is 4.75. The number of hydrogen-bond donors (Lipinski definition) is 1. The molecular formula is C28H30ClF2N3O6S. The highest BCUT2D eigenvalue weighted by atomic mass is 35.5. The molecule has 41 heavy (non-hydrogen) atoms. The molecule has 220 valence electrons. The molecule has 0 bridgehead atoms. The number of anilines is 1. The normalized spacial score (nSPS) is 15.6. The van der Waals surface area contributed by atoms with Gasteiger partial charge in [0.2, 0.25) is 0 Å². The van der Waals surface area contributed by atoms with E-state index in [-0.39, 0.29) is 64.4 Å². The Morgan fingerprint density at radius 3 is 2.68 bits per heavy atom. The van der Waals surface area contributed by atoms with Gasteiger partial charge in [-0.2, -0.15) is 0 Å². The molecule has 3 aromatic rings. The van der Waals surface area contributed by atoms with Crippen LogP contribution >= 0.6 is 11.6 Å². The van der Waals surface area contributed by atoms with Gasteiger partial charge < -0.3 is 14.6 Å². The van der Waals surface area contributed by atoms with Gasteiger partial charge in [0.15, 0.2) is 4.90 Å². The summed E-state index contributed by atoms with van der Waals surface area (Å²) in [5, 5.41) is 13.5. The van der Waals surface area contributed by atoms with E-state index in [0.29, 0.717) is 12.1 Å². The first-order valence-corrected chi connectivity index (χ1v) is 14.8. The minimum Gasteiger partial charge on any atom is -0.486 e. The second kappa shape index (κ2) is 12.1. The Labute approximate surface area is 242 Å². The summed E-state index contributed by atoms with van der Waals surface area (Å²) in [4.78, 5) is 11.1. The van der Waals surface area contributed by atoms with Gasteiger partial charge in [0.25, 0.3) is 21.8 Å². The molecule has 0 aliphatic carbocycles. The van der Waals surface area contributed by atoms with Gasteiger partial charge in [-0.3, -0.25) is 13.8 Å². The number of sulfonamides is 1. The van der Waals surface area contributed by atoms with Crippen molar-refractivity contribution in [1.82, 2.24) is 9.78 Å². The number of fused-ring (bicyclic) bond motifs is 1. The molecule has 1 unspecified atom stereocenters. The zero-order valence-corrected chi connectivity index (χ0v) is 24.3. The second-order valence-electron chi connectivity index (χ2n) is 9.45. The number of benzene rings is 2. The molecule has 2 aromatic carbocycles. The number of carboxylic acid groups (broad SMARTS) is 1. The first-order chi connectivity index (χ1) is 19.3. The lowest BCUT2D eigenvalue weighted by Gasteiger charge is -2.35. The van der Waals surface area contributed by atoms with Crippen molar-refractivity contribution in [1.29, 1.82) is 0 Å². The fourth-order valence-electron chi connectivity index (χ4n) is 4.44. The zero-order chi connectivity index (χ0) is 29.9. The lowest BCUT2D eigenvalue weighted by atomic mass is 10.0. The third-order valence-corrected chi connectivity index (χ3v) is 8.52. The van der Waals surface area contributed by atoms with Crippen molar-refractivity contribution in [3.05, 3.63) is 64.3 Å². The van der Waals surface area contributed by atoms with Gasteiger partial charge >= 0.3 is 5.97 Å². The van der Waals surface area contributed by atoms with E-state index in [0.717, 1.165) is 11.2 Å². The van der Waals surface area contributed by atoms with E-state index >= 15 is 0 Å². The van der Waals surface area contributed by atoms with Crippen molar-refractivity contribution in [3.63, 3.8) is 0 Å². The Kier molecular flexibility index (Phi) is 8.93. The molecule has 9 nitrogen and oxygen atoms in total. The Balaban J connectivity index is 1.79. The summed E-state index contributed by atoms with van der Waals surface area (Å²) >= 11 is 6.24. The van der Waals surface area contributed by atoms with Gasteiger partial charge in [-0.15, -0.1) is 5.10 Å². The van der Waals surface area contributed by atoms with Crippen LogP contribution < -0.4 is 13.8 Å². The maximum Gasteiger partial charge on any atom is 0.303 e. The minimum absolute atomic E-state index is 0.0488. The van der Waals surface area contributed by atoms with Gasteiger partial charge in [0.05, 0.1) is 18.8 Å². The maximum atomic E-state index is 14.2. The molecule has 0 spiro atoms. The average Bonchev–Trinajstić information content (AvgIpc) is 3.34. The first-order valence-electron chi connectivity index (χ1n) is 13.0. The summed E-state index contributed by atoms with van der Waals surface area (Å²) in [5.41, 5.74) is 0.591. The molecule has 1 aromatic heterocycles. The number of aromatic nitrogens is 2. The third kappa shape index (κ3) is 6.65. The molecule has 13 heteroatoms. The quantitative estimate of drug-likeness (QED) is 0.263. The Morgan fingerprint density at radius 1 is 1.27 bits per heavy atom. The summed E-state index contributed by atoms with van der Waals surface area (Å²) in [6, 6.07) is 9.01. The summed E-state index contributed by atoms with van der Waals surface area (Å²) < 4.78 is 70.6. The van der Waals surface area contributed by atoms with Crippen LogP contribution in [0.4, 0.5) is 14.5 Å². The maximum absolute atomic E-state index is 14.2. The van der Waals surface area contributed by atoms with Crippen LogP contribution in [0.15, 0.2) is 47.5 Å². The van der Waals surface area contributed by atoms with Gasteiger partial charge in [-0.1, -0.05) is 42.0 Å². The van der Waals surface area contributed by atoms with Crippen molar-refractivity contribution >= 4 is 45.4 Å². The highest BCUT2D eigenvalue weighted by Crippen LogP contribution is 2.41. The first kappa shape index (κ1) is 30.3. The van der Waals surface area contributed by atoms with Crippen LogP contribution in [0.25, 0.3) is 12.2 Å². The van der Waals surface area contributed by atoms with E-state index in [1.807, 2.05) is 6.92 Å². The van der Waals surface area contributed by atoms with E-state index in [1.165, 1.54) is 35.2 Å². The van der Waals surface area contributed by atoms with Crippen molar-refractivity contribution < 1.29 is 36.6 Å². The number of halogens is 3. The number of carboxylic acids is 1. The number of carbonyl (C=O) groups is 1. The molecule has 1 N–H and O–H groups in total. The molecule has 1 aliphatic heterocycles. The molecule has 0 saturated carbocycles. The second-order valence-corrected chi connectivity index (χ2v) is 11.7. The van der Waals surface area contributed by atoms with Crippen molar-refractivity contribution in [2.45, 2.75) is 57.1 Å². The lowest BCUT2D eigenvalue weighted by Crippen LogP contribution is -2.43. The summed E-state index contributed by atoms with van der Waals surface area (Å²) in [6.07, 6.45) is 3.52. The molecule has 0 radical (unpaired) electrons. The number of aliphatic carboxylic acids is 1. The molecule has 0 fully saturated rings. The van der Waals surface area contributed by atoms with Gasteiger partial charge in [0.1, 0.15) is 11.9 Å². The predicted octanol–water partition coefficient (Wildman–Crippen LogP) is 6.06. The van der Waals surface area contributed by atoms with E-state index in [1.54, 1.807) is 31.2 Å². The van der Waals surface area contributed by atoms with Crippen LogP contribution in [0.5, 0.6) is 11.6 Å². The Bertz CT molecular complexity index is 1570. The molecule has 2 heterocycles. The minimum atomic E-state index is -4.25. The average molecular weight is 610 g/mol. The van der Waals surface area contributed by atoms with Crippen molar-refractivity contribution in [3.8, 4) is 11.6 Å². The fraction of sp³-hybridized carbons (Fsp3) is 0.357. The van der Waals surface area contributed by atoms with E-state index in [9.17, 15) is 22.0 Å². The van der Waals surface area contributed by atoms with Crippen LogP contribution in [0.1, 0.15) is 50.3 Å². The third-order valence-electron chi connectivity index (χ3n) is 6.43. The standard InChI is InChI=1S/C28H30ClF2N3O6S/c1-4-33-17-25(27(32-33)39-5-2)41(37,38)34-16-19(11-14-26(35)36)40-24-13-10-18(15-23(24)34)9-12-20-21(28(3,30)31)7-6-8-22(20)29/h6-10,12-13,15,17,19H,4-5,11,14,16H2,1-3H3,(H,35,36). The van der Waals surface area contributed by atoms with Crippen LogP contribution in [0.3, 0.4) is 0 Å². The number of alkyl halides is 2. The van der Waals surface area contributed by atoms with Crippen LogP contribution in [0, 0.1) is 0 Å². The number of hydrogen-bond acceptors (Lipinski definition) is 6. The molecule has 0 saturated heterocycles. The summed E-state index contributed by atoms with van der Waals surface area (Å²) in [7, 11) is -4.25. The van der Waals surface area contributed by atoms with E-state index < -0.39 is 28.0 Å². The van der Waals surface area contributed by atoms with Crippen molar-refractivity contribution in [2.24, 2.45) is 0 Å². The highest BCUT2D eigenvalue weighted by Gasteiger charge is 2.38. The van der Waals surface area contributed by atoms with E-state index in [2.05, 4.69) is 5.10 Å². The van der Waals surface area contributed by atoms with Crippen LogP contribution in [-0.2, 0) is 27.3 Å². The number of rotatable bonds is 11. The smallest absolute Gasteiger partial charge is 0.303 e. The summed E-state index contributed by atoms with van der Waals surface area (Å²) in [5.74, 6) is -3.99. The van der Waals surface area contributed by atoms with Crippen LogP contribution in [0.2, 0.25) is 5.02 Å². The SMILES string of the molecule is CCOc1nn(CC)cc1S(=O)(=O)N1CC(CCC(=O)O)Oc2ccc(C=Cc3c(Cl)cccc3C(C)(F)F)cc21. The Morgan fingerprint density at radius 2 is 2.02 bits per heavy atom. The van der Waals surface area contributed by atoms with E-state index in [4.69, 9.17) is 26.2 Å². The zero-order valence-electron chi connectivity index (χ0n) is 22.7. The highest BCUT2D eigenvalue weighted by molar-refractivity contribution is 7.93. The number of nitrogens with zero attached hydrogens (tertiary/aromatic N) is 3.